The van der Waals surface area contributed by atoms with Crippen LogP contribution in [-0.2, 0) is 11.3 Å². The Morgan fingerprint density at radius 3 is 3.00 bits per heavy atom. The van der Waals surface area contributed by atoms with Crippen molar-refractivity contribution in [2.24, 2.45) is 0 Å². The number of hydrogen-bond acceptors (Lipinski definition) is 3. The van der Waals surface area contributed by atoms with Crippen molar-refractivity contribution in [1.82, 2.24) is 15.1 Å². The first-order valence-corrected chi connectivity index (χ1v) is 5.17. The van der Waals surface area contributed by atoms with Gasteiger partial charge in [0.25, 0.3) is 0 Å². The average molecular weight is 211 g/mol. The van der Waals surface area contributed by atoms with Crippen LogP contribution in [0.3, 0.4) is 0 Å². The van der Waals surface area contributed by atoms with Gasteiger partial charge >= 0.3 is 5.97 Å². The van der Waals surface area contributed by atoms with Crippen molar-refractivity contribution in [1.29, 1.82) is 0 Å². The molecular formula is C10H17N3O2. The second-order valence-corrected chi connectivity index (χ2v) is 3.40. The van der Waals surface area contributed by atoms with Crippen LogP contribution in [-0.4, -0.2) is 33.4 Å². The summed E-state index contributed by atoms with van der Waals surface area (Å²) in [7, 11) is 0. The Labute approximate surface area is 89.1 Å². The van der Waals surface area contributed by atoms with Gasteiger partial charge in [-0.25, -0.2) is 0 Å². The summed E-state index contributed by atoms with van der Waals surface area (Å²) in [5.41, 5.74) is 0. The number of aromatic nitrogens is 2. The van der Waals surface area contributed by atoms with E-state index in [0.29, 0.717) is 19.5 Å². The highest BCUT2D eigenvalue weighted by atomic mass is 16.4. The molecular weight excluding hydrogens is 194 g/mol. The van der Waals surface area contributed by atoms with Crippen molar-refractivity contribution in [3.05, 3.63) is 18.5 Å². The zero-order chi connectivity index (χ0) is 11.1. The lowest BCUT2D eigenvalue weighted by Crippen LogP contribution is -2.38. The normalized spacial score (nSPS) is 12.6. The molecule has 0 aliphatic rings. The van der Waals surface area contributed by atoms with Crippen molar-refractivity contribution in [2.45, 2.75) is 32.4 Å². The van der Waals surface area contributed by atoms with E-state index in [1.165, 1.54) is 0 Å². The summed E-state index contributed by atoms with van der Waals surface area (Å²) in [5, 5.41) is 15.9. The number of carbonyl (C=O) groups is 1. The van der Waals surface area contributed by atoms with Gasteiger partial charge in [0.05, 0.1) is 6.54 Å². The first kappa shape index (κ1) is 11.7. The molecule has 5 nitrogen and oxygen atoms in total. The molecule has 0 saturated heterocycles. The van der Waals surface area contributed by atoms with E-state index < -0.39 is 12.0 Å². The van der Waals surface area contributed by atoms with Crippen LogP contribution in [0.5, 0.6) is 0 Å². The quantitative estimate of drug-likeness (QED) is 0.697. The lowest BCUT2D eigenvalue weighted by atomic mass is 10.2. The molecule has 0 aliphatic heterocycles. The van der Waals surface area contributed by atoms with Gasteiger partial charge in [-0.1, -0.05) is 13.3 Å². The molecule has 1 aromatic heterocycles. The van der Waals surface area contributed by atoms with Crippen molar-refractivity contribution in [3.63, 3.8) is 0 Å². The Kier molecular flexibility index (Phi) is 4.83. The van der Waals surface area contributed by atoms with Gasteiger partial charge in [-0.05, 0) is 12.5 Å². The topological polar surface area (TPSA) is 67.2 Å². The van der Waals surface area contributed by atoms with E-state index in [1.807, 2.05) is 19.2 Å². The molecule has 2 N–H and O–H groups in total. The minimum absolute atomic E-state index is 0.439. The molecule has 0 amide bonds. The summed E-state index contributed by atoms with van der Waals surface area (Å²) in [6.45, 7) is 3.30. The van der Waals surface area contributed by atoms with Crippen LogP contribution in [0.1, 0.15) is 19.8 Å². The monoisotopic (exact) mass is 211 g/mol. The molecule has 15 heavy (non-hydrogen) atoms. The number of nitrogens with zero attached hydrogens (tertiary/aromatic N) is 2. The SMILES string of the molecule is CCCC(NCCn1cccn1)C(=O)O. The number of hydrogen-bond donors (Lipinski definition) is 2. The van der Waals surface area contributed by atoms with Crippen LogP contribution >= 0.6 is 0 Å². The molecule has 5 heteroatoms. The number of aliphatic carboxylic acids is 1. The molecule has 0 bridgehead atoms. The second kappa shape index (κ2) is 6.19. The molecule has 1 aromatic rings. The fourth-order valence-electron chi connectivity index (χ4n) is 1.39. The number of carboxylic acids is 1. The zero-order valence-electron chi connectivity index (χ0n) is 8.89. The lowest BCUT2D eigenvalue weighted by molar-refractivity contribution is -0.139. The van der Waals surface area contributed by atoms with E-state index in [2.05, 4.69) is 10.4 Å². The third kappa shape index (κ3) is 4.12. The Morgan fingerprint density at radius 2 is 2.47 bits per heavy atom. The smallest absolute Gasteiger partial charge is 0.320 e. The van der Waals surface area contributed by atoms with Gasteiger partial charge in [0.15, 0.2) is 0 Å². The predicted molar refractivity (Wildman–Crippen MR) is 56.6 cm³/mol. The summed E-state index contributed by atoms with van der Waals surface area (Å²) in [6, 6.07) is 1.41. The molecule has 1 atom stereocenters. The summed E-state index contributed by atoms with van der Waals surface area (Å²) < 4.78 is 1.78. The van der Waals surface area contributed by atoms with E-state index in [1.54, 1.807) is 10.9 Å². The van der Waals surface area contributed by atoms with Crippen LogP contribution < -0.4 is 5.32 Å². The summed E-state index contributed by atoms with van der Waals surface area (Å²) >= 11 is 0. The van der Waals surface area contributed by atoms with E-state index >= 15 is 0 Å². The molecule has 0 spiro atoms. The van der Waals surface area contributed by atoms with Crippen LogP contribution in [0.15, 0.2) is 18.5 Å². The Hall–Kier alpha value is -1.36. The average Bonchev–Trinajstić information content (AvgIpc) is 2.69. The third-order valence-corrected chi connectivity index (χ3v) is 2.17. The van der Waals surface area contributed by atoms with Crippen LogP contribution in [0.25, 0.3) is 0 Å². The minimum Gasteiger partial charge on any atom is -0.480 e. The summed E-state index contributed by atoms with van der Waals surface area (Å²) in [4.78, 5) is 10.8. The van der Waals surface area contributed by atoms with Crippen molar-refractivity contribution < 1.29 is 9.90 Å². The number of carboxylic acid groups (broad SMARTS) is 1. The van der Waals surface area contributed by atoms with E-state index in [-0.39, 0.29) is 0 Å². The molecule has 0 radical (unpaired) electrons. The van der Waals surface area contributed by atoms with E-state index in [0.717, 1.165) is 6.42 Å². The Balaban J connectivity index is 2.25. The molecule has 1 rings (SSSR count). The van der Waals surface area contributed by atoms with Gasteiger partial charge in [-0.3, -0.25) is 9.48 Å². The largest absolute Gasteiger partial charge is 0.480 e. The first-order valence-electron chi connectivity index (χ1n) is 5.17. The molecule has 1 heterocycles. The minimum atomic E-state index is -0.780. The van der Waals surface area contributed by atoms with Crippen LogP contribution in [0, 0.1) is 0 Å². The number of rotatable bonds is 7. The molecule has 0 aromatic carbocycles. The maximum absolute atomic E-state index is 10.8. The first-order chi connectivity index (χ1) is 7.24. The standard InChI is InChI=1S/C10H17N3O2/c1-2-4-9(10(14)15)11-6-8-13-7-3-5-12-13/h3,5,7,9,11H,2,4,6,8H2,1H3,(H,14,15). The van der Waals surface area contributed by atoms with Gasteiger partial charge < -0.3 is 10.4 Å². The second-order valence-electron chi connectivity index (χ2n) is 3.40. The van der Waals surface area contributed by atoms with Gasteiger partial charge in [0.2, 0.25) is 0 Å². The predicted octanol–water partition coefficient (Wildman–Crippen LogP) is 0.726. The van der Waals surface area contributed by atoms with Crippen molar-refractivity contribution >= 4 is 5.97 Å². The van der Waals surface area contributed by atoms with E-state index in [9.17, 15) is 4.79 Å². The van der Waals surface area contributed by atoms with Crippen molar-refractivity contribution in [2.75, 3.05) is 6.54 Å². The lowest BCUT2D eigenvalue weighted by Gasteiger charge is -2.13. The molecule has 0 saturated carbocycles. The Bertz CT molecular complexity index is 285. The maximum atomic E-state index is 10.8. The van der Waals surface area contributed by atoms with E-state index in [4.69, 9.17) is 5.11 Å². The third-order valence-electron chi connectivity index (χ3n) is 2.17. The van der Waals surface area contributed by atoms with Gasteiger partial charge in [-0.15, -0.1) is 0 Å². The molecule has 84 valence electrons. The van der Waals surface area contributed by atoms with Gasteiger partial charge in [0, 0.05) is 18.9 Å². The zero-order valence-corrected chi connectivity index (χ0v) is 8.89. The molecule has 1 unspecified atom stereocenters. The molecule has 0 fully saturated rings. The fourth-order valence-corrected chi connectivity index (χ4v) is 1.39. The van der Waals surface area contributed by atoms with Gasteiger partial charge in [0.1, 0.15) is 6.04 Å². The van der Waals surface area contributed by atoms with Crippen LogP contribution in [0.4, 0.5) is 0 Å². The van der Waals surface area contributed by atoms with Gasteiger partial charge in [-0.2, -0.15) is 5.10 Å². The number of nitrogens with one attached hydrogen (secondary N) is 1. The fraction of sp³-hybridized carbons (Fsp3) is 0.600. The van der Waals surface area contributed by atoms with Crippen molar-refractivity contribution in [3.8, 4) is 0 Å². The maximum Gasteiger partial charge on any atom is 0.320 e. The Morgan fingerprint density at radius 1 is 1.67 bits per heavy atom. The molecule has 0 aliphatic carbocycles. The van der Waals surface area contributed by atoms with Crippen LogP contribution in [0.2, 0.25) is 0 Å². The summed E-state index contributed by atoms with van der Waals surface area (Å²) in [6.07, 6.45) is 5.10. The highest BCUT2D eigenvalue weighted by molar-refractivity contribution is 5.73. The summed E-state index contributed by atoms with van der Waals surface area (Å²) in [5.74, 6) is -0.780. The highest BCUT2D eigenvalue weighted by Gasteiger charge is 2.14. The highest BCUT2D eigenvalue weighted by Crippen LogP contribution is 1.96.